The number of rotatable bonds is 3. The van der Waals surface area contributed by atoms with Crippen LogP contribution in [0.4, 0.5) is 0 Å². The van der Waals surface area contributed by atoms with E-state index in [1.54, 1.807) is 21.3 Å². The molecule has 0 aromatic carbocycles. The van der Waals surface area contributed by atoms with Gasteiger partial charge in [0.1, 0.15) is 0 Å². The summed E-state index contributed by atoms with van der Waals surface area (Å²) in [6, 6.07) is 0. The first-order chi connectivity index (χ1) is 3.68. The maximum Gasteiger partial charge on any atom is 0.496 e. The molecule has 3 nitrogen and oxygen atoms in total. The first kappa shape index (κ1) is 12.0. The van der Waals surface area contributed by atoms with E-state index in [2.05, 4.69) is 0 Å². The van der Waals surface area contributed by atoms with Gasteiger partial charge in [-0.2, -0.15) is 0 Å². The average molecular weight is 168 g/mol. The van der Waals surface area contributed by atoms with E-state index in [-0.39, 0.29) is 11.0 Å². The Kier molecular flexibility index (Phi) is 6.86. The van der Waals surface area contributed by atoms with E-state index < -0.39 is 8.80 Å². The predicted octanol–water partition coefficient (Wildman–Crippen LogP) is -0.957. The van der Waals surface area contributed by atoms with Crippen molar-refractivity contribution in [3.63, 3.8) is 0 Å². The zero-order valence-corrected chi connectivity index (χ0v) is 6.72. The Balaban J connectivity index is 0. The quantitative estimate of drug-likeness (QED) is 0.508. The molecule has 0 unspecified atom stereocenters. The SMILES string of the molecule is CO[Si](C)(OC)OC.[SiH4]. The van der Waals surface area contributed by atoms with Crippen LogP contribution in [0.25, 0.3) is 0 Å². The standard InChI is InChI=1S/C4H12O3Si.H4Si/c1-5-8(4,6-2)7-3;/h1-4H3;1H4. The summed E-state index contributed by atoms with van der Waals surface area (Å²) in [5, 5.41) is 0. The van der Waals surface area contributed by atoms with Gasteiger partial charge in [0, 0.05) is 27.9 Å². The summed E-state index contributed by atoms with van der Waals surface area (Å²) < 4.78 is 14.8. The molecular weight excluding hydrogens is 152 g/mol. The third-order valence-corrected chi connectivity index (χ3v) is 3.34. The fraction of sp³-hybridized carbons (Fsp3) is 1.00. The summed E-state index contributed by atoms with van der Waals surface area (Å²) in [6.07, 6.45) is 0. The highest BCUT2D eigenvalue weighted by molar-refractivity contribution is 6.58. The van der Waals surface area contributed by atoms with Gasteiger partial charge in [-0.05, 0) is 11.0 Å². The number of hydrogen-bond donors (Lipinski definition) is 0. The lowest BCUT2D eigenvalue weighted by Crippen LogP contribution is -2.38. The van der Waals surface area contributed by atoms with E-state index in [1.165, 1.54) is 0 Å². The molecule has 5 heteroatoms. The van der Waals surface area contributed by atoms with E-state index in [0.29, 0.717) is 0 Å². The Bertz CT molecular complexity index is 56.6. The molecule has 0 heterocycles. The molecule has 0 saturated heterocycles. The largest absolute Gasteiger partial charge is 0.496 e. The molecule has 0 bridgehead atoms. The number of hydrogen-bond acceptors (Lipinski definition) is 3. The summed E-state index contributed by atoms with van der Waals surface area (Å²) >= 11 is 0. The highest BCUT2D eigenvalue weighted by atomic mass is 28.4. The van der Waals surface area contributed by atoms with E-state index in [4.69, 9.17) is 13.3 Å². The Labute approximate surface area is 61.7 Å². The molecule has 0 saturated carbocycles. The first-order valence-corrected chi connectivity index (χ1v) is 4.56. The van der Waals surface area contributed by atoms with Crippen LogP contribution in [0, 0.1) is 0 Å². The fourth-order valence-corrected chi connectivity index (χ4v) is 0.750. The fourth-order valence-electron chi connectivity index (χ4n) is 0.250. The summed E-state index contributed by atoms with van der Waals surface area (Å²) in [6.45, 7) is 1.83. The van der Waals surface area contributed by atoms with Crippen LogP contribution in [-0.4, -0.2) is 41.1 Å². The van der Waals surface area contributed by atoms with Crippen LogP contribution in [0.1, 0.15) is 0 Å². The van der Waals surface area contributed by atoms with Gasteiger partial charge in [-0.3, -0.25) is 0 Å². The maximum atomic E-state index is 4.93. The molecule has 58 valence electrons. The van der Waals surface area contributed by atoms with Crippen LogP contribution in [0.3, 0.4) is 0 Å². The summed E-state index contributed by atoms with van der Waals surface area (Å²) in [4.78, 5) is 0. The minimum absolute atomic E-state index is 0. The minimum Gasteiger partial charge on any atom is -0.377 e. The van der Waals surface area contributed by atoms with Gasteiger partial charge in [0.2, 0.25) is 0 Å². The summed E-state index contributed by atoms with van der Waals surface area (Å²) in [7, 11) is 2.58. The molecule has 0 atom stereocenters. The molecule has 0 N–H and O–H groups in total. The van der Waals surface area contributed by atoms with Gasteiger partial charge in [0.15, 0.2) is 0 Å². The summed E-state index contributed by atoms with van der Waals surface area (Å²) in [5.74, 6) is 0. The van der Waals surface area contributed by atoms with Crippen molar-refractivity contribution in [2.45, 2.75) is 6.55 Å². The molecule has 0 radical (unpaired) electrons. The molecule has 0 rings (SSSR count). The third-order valence-electron chi connectivity index (χ3n) is 1.11. The lowest BCUT2D eigenvalue weighted by atomic mass is 11.8. The van der Waals surface area contributed by atoms with E-state index in [0.717, 1.165) is 0 Å². The van der Waals surface area contributed by atoms with Crippen molar-refractivity contribution in [2.24, 2.45) is 0 Å². The summed E-state index contributed by atoms with van der Waals surface area (Å²) in [5.41, 5.74) is 0. The topological polar surface area (TPSA) is 27.7 Å². The van der Waals surface area contributed by atoms with Crippen LogP contribution in [0.2, 0.25) is 6.55 Å². The van der Waals surface area contributed by atoms with E-state index >= 15 is 0 Å². The van der Waals surface area contributed by atoms with Crippen LogP contribution < -0.4 is 0 Å². The highest BCUT2D eigenvalue weighted by Crippen LogP contribution is 2.02. The van der Waals surface area contributed by atoms with Gasteiger partial charge >= 0.3 is 8.80 Å². The smallest absolute Gasteiger partial charge is 0.377 e. The van der Waals surface area contributed by atoms with Gasteiger partial charge in [0.25, 0.3) is 0 Å². The van der Waals surface area contributed by atoms with Gasteiger partial charge in [0.05, 0.1) is 0 Å². The normalized spacial score (nSPS) is 10.7. The second-order valence-electron chi connectivity index (χ2n) is 1.47. The second kappa shape index (κ2) is 5.13. The zero-order chi connectivity index (χ0) is 6.62. The molecule has 0 aliphatic rings. The van der Waals surface area contributed by atoms with Crippen molar-refractivity contribution < 1.29 is 13.3 Å². The monoisotopic (exact) mass is 168 g/mol. The molecule has 0 amide bonds. The second-order valence-corrected chi connectivity index (χ2v) is 4.42. The molecule has 0 aromatic heterocycles. The van der Waals surface area contributed by atoms with Crippen molar-refractivity contribution in [1.82, 2.24) is 0 Å². The van der Waals surface area contributed by atoms with Crippen LogP contribution in [0.15, 0.2) is 0 Å². The average Bonchev–Trinajstić information content (AvgIpc) is 1.87. The zero-order valence-electron chi connectivity index (χ0n) is 5.72. The predicted molar refractivity (Wildman–Crippen MR) is 44.0 cm³/mol. The molecule has 0 aliphatic heterocycles. The van der Waals surface area contributed by atoms with Gasteiger partial charge in [-0.15, -0.1) is 0 Å². The van der Waals surface area contributed by atoms with E-state index in [9.17, 15) is 0 Å². The van der Waals surface area contributed by atoms with Gasteiger partial charge in [-0.1, -0.05) is 0 Å². The van der Waals surface area contributed by atoms with Crippen molar-refractivity contribution in [3.05, 3.63) is 0 Å². The molecule has 0 aliphatic carbocycles. The Hall–Kier alpha value is 0.314. The first-order valence-electron chi connectivity index (χ1n) is 2.34. The van der Waals surface area contributed by atoms with Crippen molar-refractivity contribution >= 4 is 19.8 Å². The Morgan fingerprint density at radius 2 is 1.11 bits per heavy atom. The lowest BCUT2D eigenvalue weighted by molar-refractivity contribution is 0.132. The molecule has 0 spiro atoms. The lowest BCUT2D eigenvalue weighted by Gasteiger charge is -2.18. The van der Waals surface area contributed by atoms with Crippen molar-refractivity contribution in [3.8, 4) is 0 Å². The van der Waals surface area contributed by atoms with Crippen molar-refractivity contribution in [2.75, 3.05) is 21.3 Å². The molecule has 0 fully saturated rings. The molecule has 0 aromatic rings. The van der Waals surface area contributed by atoms with Crippen LogP contribution >= 0.6 is 0 Å². The highest BCUT2D eigenvalue weighted by Gasteiger charge is 2.29. The molecular formula is C4H16O3Si2. The third kappa shape index (κ3) is 3.82. The Morgan fingerprint density at radius 3 is 1.11 bits per heavy atom. The van der Waals surface area contributed by atoms with Crippen molar-refractivity contribution in [1.29, 1.82) is 0 Å². The maximum absolute atomic E-state index is 4.93. The van der Waals surface area contributed by atoms with E-state index in [1.807, 2.05) is 6.55 Å². The molecule has 9 heavy (non-hydrogen) atoms. The minimum atomic E-state index is -2.17. The van der Waals surface area contributed by atoms with Crippen LogP contribution in [-0.2, 0) is 13.3 Å². The Morgan fingerprint density at radius 1 is 0.889 bits per heavy atom. The van der Waals surface area contributed by atoms with Gasteiger partial charge in [-0.25, -0.2) is 0 Å². The van der Waals surface area contributed by atoms with Gasteiger partial charge < -0.3 is 13.3 Å². The van der Waals surface area contributed by atoms with Crippen LogP contribution in [0.5, 0.6) is 0 Å².